The van der Waals surface area contributed by atoms with E-state index in [4.69, 9.17) is 23.6 Å². The number of nitrogens with one attached hydrogen (secondary N) is 1. The van der Waals surface area contributed by atoms with Crippen LogP contribution in [0, 0.1) is 0 Å². The number of aromatic nitrogens is 1. The van der Waals surface area contributed by atoms with Gasteiger partial charge in [-0.3, -0.25) is 0 Å². The predicted molar refractivity (Wildman–Crippen MR) is 207 cm³/mol. The van der Waals surface area contributed by atoms with Gasteiger partial charge in [0.2, 0.25) is 0 Å². The second-order valence-corrected chi connectivity index (χ2v) is 13.6. The first-order valence-electron chi connectivity index (χ1n) is 17.5. The summed E-state index contributed by atoms with van der Waals surface area (Å²) >= 11 is 1.53. The molecule has 2 heterocycles. The number of ether oxygens (including phenoxy) is 3. The third-order valence-corrected chi connectivity index (χ3v) is 9.85. The second kappa shape index (κ2) is 17.4. The van der Waals surface area contributed by atoms with Crippen molar-refractivity contribution in [3.8, 4) is 33.7 Å². The smallest absolute Gasteiger partial charge is 0.407 e. The zero-order valence-electron chi connectivity index (χ0n) is 29.1. The lowest BCUT2D eigenvalue weighted by Gasteiger charge is -2.36. The summed E-state index contributed by atoms with van der Waals surface area (Å²) in [7, 11) is 0. The van der Waals surface area contributed by atoms with Crippen LogP contribution in [0.2, 0.25) is 0 Å². The molecule has 2 N–H and O–H groups in total. The normalized spacial score (nSPS) is 16.9. The lowest BCUT2D eigenvalue weighted by atomic mass is 9.99. The SMILES string of the molecule is C=CCOC(=O)NCc1cccc(-c2cccc(C3OC(CSc4nc(-c5ccccc5)c(-c5ccccc5)o4)CC(c4ccc(CO)cc4)O3)c2)c1. The summed E-state index contributed by atoms with van der Waals surface area (Å²) < 4.78 is 24.8. The number of nitrogens with zero attached hydrogens (tertiary/aromatic N) is 1. The molecule has 0 radical (unpaired) electrons. The van der Waals surface area contributed by atoms with E-state index in [0.29, 0.717) is 23.9 Å². The van der Waals surface area contributed by atoms with Crippen molar-refractivity contribution in [2.24, 2.45) is 0 Å². The molecule has 1 aliphatic rings. The molecule has 3 unspecified atom stereocenters. The minimum Gasteiger partial charge on any atom is -0.445 e. The van der Waals surface area contributed by atoms with Gasteiger partial charge in [0.1, 0.15) is 12.3 Å². The molecule has 1 saturated heterocycles. The second-order valence-electron chi connectivity index (χ2n) is 12.6. The topological polar surface area (TPSA) is 103 Å². The fraction of sp³-hybridized carbons (Fsp3) is 0.182. The van der Waals surface area contributed by atoms with Crippen LogP contribution in [0.25, 0.3) is 33.7 Å². The van der Waals surface area contributed by atoms with Gasteiger partial charge in [0.05, 0.1) is 18.8 Å². The lowest BCUT2D eigenvalue weighted by molar-refractivity contribution is -0.245. The molecule has 7 rings (SSSR count). The van der Waals surface area contributed by atoms with Gasteiger partial charge in [0.25, 0.3) is 5.22 Å². The number of aliphatic hydroxyl groups excluding tert-OH is 1. The van der Waals surface area contributed by atoms with Gasteiger partial charge in [-0.1, -0.05) is 146 Å². The third-order valence-electron chi connectivity index (χ3n) is 8.89. The van der Waals surface area contributed by atoms with E-state index >= 15 is 0 Å². The van der Waals surface area contributed by atoms with Crippen LogP contribution in [0.1, 0.15) is 41.1 Å². The Kier molecular flexibility index (Phi) is 11.8. The molecule has 9 heteroatoms. The Balaban J connectivity index is 1.12. The standard InChI is InChI=1S/C44H40N2O6S/c1-2-23-49-43(48)45-27-31-11-9-16-35(24-31)36-17-10-18-37(25-36)42-50-38(26-39(51-42)32-21-19-30(28-47)20-22-32)29-53-44-46-40(33-12-5-3-6-13-33)41(52-44)34-14-7-4-8-15-34/h2-22,24-25,38-39,42,47H,1,23,26-29H2,(H,45,48). The van der Waals surface area contributed by atoms with E-state index in [0.717, 1.165) is 56.0 Å². The number of thioether (sulfide) groups is 1. The molecule has 8 nitrogen and oxygen atoms in total. The number of hydrogen-bond donors (Lipinski definition) is 2. The number of benzene rings is 5. The number of amides is 1. The largest absolute Gasteiger partial charge is 0.445 e. The first-order valence-corrected chi connectivity index (χ1v) is 18.5. The number of alkyl carbamates (subject to hydrolysis) is 1. The summed E-state index contributed by atoms with van der Waals surface area (Å²) in [6, 6.07) is 44.2. The first kappa shape index (κ1) is 35.9. The highest BCUT2D eigenvalue weighted by Gasteiger charge is 2.33. The van der Waals surface area contributed by atoms with Crippen LogP contribution in [0.5, 0.6) is 0 Å². The van der Waals surface area contributed by atoms with Gasteiger partial charge in [0, 0.05) is 35.4 Å². The van der Waals surface area contributed by atoms with Gasteiger partial charge in [0.15, 0.2) is 12.1 Å². The number of hydrogen-bond acceptors (Lipinski definition) is 8. The Morgan fingerprint density at radius 3 is 2.25 bits per heavy atom. The average Bonchev–Trinajstić information content (AvgIpc) is 3.66. The molecule has 5 aromatic carbocycles. The van der Waals surface area contributed by atoms with E-state index in [1.165, 1.54) is 17.8 Å². The van der Waals surface area contributed by atoms with E-state index < -0.39 is 12.4 Å². The minimum absolute atomic E-state index is 0.0215. The Hall–Kier alpha value is -5.45. The van der Waals surface area contributed by atoms with Crippen LogP contribution < -0.4 is 5.32 Å². The Bertz CT molecular complexity index is 2060. The van der Waals surface area contributed by atoms with Crippen molar-refractivity contribution < 1.29 is 28.5 Å². The maximum Gasteiger partial charge on any atom is 0.407 e. The monoisotopic (exact) mass is 724 g/mol. The van der Waals surface area contributed by atoms with E-state index in [9.17, 15) is 9.90 Å². The van der Waals surface area contributed by atoms with Crippen molar-refractivity contribution in [1.82, 2.24) is 10.3 Å². The van der Waals surface area contributed by atoms with E-state index in [1.54, 1.807) is 0 Å². The molecule has 1 aliphatic heterocycles. The Labute approximate surface area is 313 Å². The van der Waals surface area contributed by atoms with Crippen molar-refractivity contribution in [3.05, 3.63) is 168 Å². The Morgan fingerprint density at radius 2 is 1.51 bits per heavy atom. The van der Waals surface area contributed by atoms with Crippen molar-refractivity contribution in [2.45, 2.75) is 43.3 Å². The number of aliphatic hydroxyl groups is 1. The summed E-state index contributed by atoms with van der Waals surface area (Å²) in [5.74, 6) is 1.33. The van der Waals surface area contributed by atoms with Gasteiger partial charge in [-0.15, -0.1) is 0 Å². The highest BCUT2D eigenvalue weighted by molar-refractivity contribution is 7.99. The van der Waals surface area contributed by atoms with Gasteiger partial charge in [-0.25, -0.2) is 9.78 Å². The van der Waals surface area contributed by atoms with Crippen LogP contribution >= 0.6 is 11.8 Å². The molecule has 3 atom stereocenters. The van der Waals surface area contributed by atoms with Crippen LogP contribution in [0.3, 0.4) is 0 Å². The molecule has 268 valence electrons. The molecule has 0 bridgehead atoms. The van der Waals surface area contributed by atoms with E-state index in [2.05, 4.69) is 18.0 Å². The molecule has 1 fully saturated rings. The van der Waals surface area contributed by atoms with Crippen molar-refractivity contribution in [2.75, 3.05) is 12.4 Å². The van der Waals surface area contributed by atoms with E-state index in [-0.39, 0.29) is 25.4 Å². The lowest BCUT2D eigenvalue weighted by Crippen LogP contribution is -2.31. The first-order chi connectivity index (χ1) is 26.1. The molecule has 53 heavy (non-hydrogen) atoms. The molecule has 0 saturated carbocycles. The van der Waals surface area contributed by atoms with Crippen LogP contribution in [-0.4, -0.2) is 34.6 Å². The summed E-state index contributed by atoms with van der Waals surface area (Å²) in [6.07, 6.45) is 0.605. The van der Waals surface area contributed by atoms with Gasteiger partial charge in [-0.05, 0) is 39.9 Å². The molecule has 1 amide bonds. The molecular formula is C44H40N2O6S. The van der Waals surface area contributed by atoms with Gasteiger partial charge < -0.3 is 29.1 Å². The van der Waals surface area contributed by atoms with Crippen molar-refractivity contribution >= 4 is 17.9 Å². The predicted octanol–water partition coefficient (Wildman–Crippen LogP) is 9.92. The average molecular weight is 725 g/mol. The van der Waals surface area contributed by atoms with Gasteiger partial charge in [-0.2, -0.15) is 0 Å². The molecule has 0 spiro atoms. The van der Waals surface area contributed by atoms with Crippen molar-refractivity contribution in [3.63, 3.8) is 0 Å². The summed E-state index contributed by atoms with van der Waals surface area (Å²) in [4.78, 5) is 16.9. The molecule has 0 aliphatic carbocycles. The number of oxazole rings is 1. The maximum absolute atomic E-state index is 12.0. The summed E-state index contributed by atoms with van der Waals surface area (Å²) in [6.45, 7) is 4.04. The summed E-state index contributed by atoms with van der Waals surface area (Å²) in [5.41, 5.74) is 8.43. The fourth-order valence-corrected chi connectivity index (χ4v) is 7.05. The Morgan fingerprint density at radius 1 is 0.811 bits per heavy atom. The molecule has 6 aromatic rings. The quantitative estimate of drug-likeness (QED) is 0.0897. The third kappa shape index (κ3) is 9.14. The number of carbonyl (C=O) groups is 1. The highest BCUT2D eigenvalue weighted by atomic mass is 32.2. The van der Waals surface area contributed by atoms with Crippen LogP contribution in [0.15, 0.2) is 156 Å². The molecular weight excluding hydrogens is 685 g/mol. The minimum atomic E-state index is -0.634. The highest BCUT2D eigenvalue weighted by Crippen LogP contribution is 2.41. The van der Waals surface area contributed by atoms with Crippen LogP contribution in [0.4, 0.5) is 4.79 Å². The van der Waals surface area contributed by atoms with Crippen LogP contribution in [-0.2, 0) is 27.4 Å². The maximum atomic E-state index is 12.0. The van der Waals surface area contributed by atoms with Crippen molar-refractivity contribution in [1.29, 1.82) is 0 Å². The molecule has 1 aromatic heterocycles. The van der Waals surface area contributed by atoms with E-state index in [1.807, 2.05) is 127 Å². The number of carbonyl (C=O) groups excluding carboxylic acids is 1. The van der Waals surface area contributed by atoms with Gasteiger partial charge >= 0.3 is 6.09 Å². The zero-order valence-corrected chi connectivity index (χ0v) is 29.9. The fourth-order valence-electron chi connectivity index (χ4n) is 6.21. The number of rotatable bonds is 13. The summed E-state index contributed by atoms with van der Waals surface area (Å²) in [5, 5.41) is 13.0. The zero-order chi connectivity index (χ0) is 36.4.